The molecule has 4 aliphatic rings. The summed E-state index contributed by atoms with van der Waals surface area (Å²) >= 11 is 2.85. The van der Waals surface area contributed by atoms with Crippen LogP contribution in [0.3, 0.4) is 0 Å². The Morgan fingerprint density at radius 1 is 1.15 bits per heavy atom. The molecule has 33 heavy (non-hydrogen) atoms. The highest BCUT2D eigenvalue weighted by Gasteiger charge is 2.51. The van der Waals surface area contributed by atoms with Gasteiger partial charge in [-0.25, -0.2) is 0 Å². The largest absolute Gasteiger partial charge is 0.349 e. The molecule has 0 radical (unpaired) electrons. The number of Topliss-reactive ketones (excluding diaryl/α,β-unsaturated/α-hetero) is 1. The lowest BCUT2D eigenvalue weighted by atomic mass is 9.53. The number of ketones is 1. The van der Waals surface area contributed by atoms with E-state index in [9.17, 15) is 14.4 Å². The van der Waals surface area contributed by atoms with E-state index < -0.39 is 5.41 Å². The number of rotatable bonds is 5. The molecule has 2 aromatic rings. The Labute approximate surface area is 202 Å². The van der Waals surface area contributed by atoms with E-state index in [0.717, 1.165) is 42.6 Å². The zero-order chi connectivity index (χ0) is 23.4. The van der Waals surface area contributed by atoms with Gasteiger partial charge < -0.3 is 5.32 Å². The van der Waals surface area contributed by atoms with Crippen LogP contribution in [0.25, 0.3) is 12.2 Å². The van der Waals surface area contributed by atoms with E-state index in [1.165, 1.54) is 41.2 Å². The molecule has 4 fully saturated rings. The number of carbonyl (C=O) groups is 2. The number of carbonyl (C=O) groups excluding carboxylic acids is 2. The lowest BCUT2D eigenvalue weighted by Gasteiger charge is -2.56. The molecule has 5 nitrogen and oxygen atoms in total. The maximum absolute atomic E-state index is 13.3. The van der Waals surface area contributed by atoms with Crippen molar-refractivity contribution >= 4 is 46.5 Å². The van der Waals surface area contributed by atoms with Gasteiger partial charge in [0.15, 0.2) is 5.78 Å². The summed E-state index contributed by atoms with van der Waals surface area (Å²) in [6.07, 6.45) is 10.5. The normalized spacial score (nSPS) is 29.6. The first-order chi connectivity index (χ1) is 15.6. The van der Waals surface area contributed by atoms with Gasteiger partial charge in [-0.1, -0.05) is 20.8 Å². The highest BCUT2D eigenvalue weighted by molar-refractivity contribution is 7.08. The fourth-order valence-corrected chi connectivity index (χ4v) is 8.03. The monoisotopic (exact) mass is 484 g/mol. The minimum absolute atomic E-state index is 0.0438. The zero-order valence-corrected chi connectivity index (χ0v) is 21.2. The molecule has 1 amide bonds. The van der Waals surface area contributed by atoms with Crippen LogP contribution >= 0.6 is 22.7 Å². The standard InChI is InChI=1S/C26H32N2O3S2/c1-25(2,3)21(29)10-23-28(24(31)20(33-23)9-16-4-5-32-15-16)14-22(30)27-26-11-17-6-18(12-26)8-19(7-17)13-26/h4-5,9-10,15,17-19H,6-8,11-14H2,1-3H3,(H,27,30). The Bertz CT molecular complexity index is 1210. The summed E-state index contributed by atoms with van der Waals surface area (Å²) in [5.74, 6) is 2.04. The summed E-state index contributed by atoms with van der Waals surface area (Å²) in [5, 5.41) is 7.31. The van der Waals surface area contributed by atoms with Gasteiger partial charge in [-0.2, -0.15) is 11.3 Å². The Morgan fingerprint density at radius 3 is 2.33 bits per heavy atom. The van der Waals surface area contributed by atoms with Gasteiger partial charge in [0.25, 0.3) is 5.56 Å². The van der Waals surface area contributed by atoms with Gasteiger partial charge in [0, 0.05) is 17.0 Å². The highest BCUT2D eigenvalue weighted by atomic mass is 32.1. The van der Waals surface area contributed by atoms with E-state index >= 15 is 0 Å². The molecule has 1 N–H and O–H groups in total. The van der Waals surface area contributed by atoms with Crippen molar-refractivity contribution in [2.45, 2.75) is 71.4 Å². The summed E-state index contributed by atoms with van der Waals surface area (Å²) in [6, 6.07) is 1.96. The van der Waals surface area contributed by atoms with Crippen LogP contribution in [0.15, 0.2) is 21.6 Å². The average Bonchev–Trinajstić information content (AvgIpc) is 3.30. The van der Waals surface area contributed by atoms with Crippen LogP contribution in [0, 0.1) is 23.2 Å². The van der Waals surface area contributed by atoms with Gasteiger partial charge in [0.05, 0.1) is 4.53 Å². The summed E-state index contributed by atoms with van der Waals surface area (Å²) in [4.78, 5) is 39.3. The molecule has 2 heterocycles. The van der Waals surface area contributed by atoms with Crippen molar-refractivity contribution in [2.24, 2.45) is 23.2 Å². The number of hydrogen-bond acceptors (Lipinski definition) is 5. The van der Waals surface area contributed by atoms with Crippen molar-refractivity contribution < 1.29 is 9.59 Å². The van der Waals surface area contributed by atoms with Crippen LogP contribution in [-0.4, -0.2) is 21.8 Å². The Hall–Kier alpha value is -1.99. The fourth-order valence-electron chi connectivity index (χ4n) is 6.37. The lowest BCUT2D eigenvalue weighted by Crippen LogP contribution is -2.60. The second kappa shape index (κ2) is 8.35. The van der Waals surface area contributed by atoms with Gasteiger partial charge in [0.2, 0.25) is 5.91 Å². The lowest BCUT2D eigenvalue weighted by molar-refractivity contribution is -0.127. The van der Waals surface area contributed by atoms with Crippen molar-refractivity contribution in [3.05, 3.63) is 41.9 Å². The van der Waals surface area contributed by atoms with E-state index in [4.69, 9.17) is 0 Å². The molecule has 0 atom stereocenters. The third kappa shape index (κ3) is 4.67. The number of aromatic nitrogens is 1. The number of thiazole rings is 1. The number of hydrogen-bond donors (Lipinski definition) is 1. The molecule has 2 aromatic heterocycles. The second-order valence-corrected chi connectivity index (χ2v) is 13.2. The predicted molar refractivity (Wildman–Crippen MR) is 134 cm³/mol. The van der Waals surface area contributed by atoms with Crippen molar-refractivity contribution in [1.29, 1.82) is 0 Å². The topological polar surface area (TPSA) is 68.2 Å². The summed E-state index contributed by atoms with van der Waals surface area (Å²) < 4.78 is 2.58. The van der Waals surface area contributed by atoms with Gasteiger partial charge >= 0.3 is 0 Å². The molecule has 0 aromatic carbocycles. The molecule has 4 bridgehead atoms. The van der Waals surface area contributed by atoms with E-state index in [1.54, 1.807) is 11.3 Å². The first-order valence-corrected chi connectivity index (χ1v) is 13.7. The molecule has 0 aliphatic heterocycles. The summed E-state index contributed by atoms with van der Waals surface area (Å²) in [7, 11) is 0. The fraction of sp³-hybridized carbons (Fsp3) is 0.577. The van der Waals surface area contributed by atoms with Crippen molar-refractivity contribution in [2.75, 3.05) is 0 Å². The molecular formula is C26H32N2O3S2. The second-order valence-electron chi connectivity index (χ2n) is 11.4. The molecule has 4 aliphatic carbocycles. The van der Waals surface area contributed by atoms with Gasteiger partial charge in [-0.3, -0.25) is 19.0 Å². The smallest absolute Gasteiger partial charge is 0.269 e. The molecule has 7 heteroatoms. The van der Waals surface area contributed by atoms with E-state index in [1.807, 2.05) is 43.7 Å². The van der Waals surface area contributed by atoms with Crippen molar-refractivity contribution in [1.82, 2.24) is 9.88 Å². The van der Waals surface area contributed by atoms with Crippen LogP contribution in [0.1, 0.15) is 64.9 Å². The molecule has 0 saturated heterocycles. The van der Waals surface area contributed by atoms with Crippen LogP contribution in [0.5, 0.6) is 0 Å². The highest BCUT2D eigenvalue weighted by Crippen LogP contribution is 2.55. The summed E-state index contributed by atoms with van der Waals surface area (Å²) in [6.45, 7) is 5.54. The molecule has 4 saturated carbocycles. The van der Waals surface area contributed by atoms with Crippen molar-refractivity contribution in [3.8, 4) is 0 Å². The van der Waals surface area contributed by atoms with Crippen LogP contribution < -0.4 is 20.1 Å². The zero-order valence-electron chi connectivity index (χ0n) is 19.6. The third-order valence-corrected chi connectivity index (χ3v) is 9.28. The Kier molecular flexibility index (Phi) is 5.76. The van der Waals surface area contributed by atoms with Gasteiger partial charge in [-0.15, -0.1) is 11.3 Å². The molecular weight excluding hydrogens is 452 g/mol. The van der Waals surface area contributed by atoms with Gasteiger partial charge in [-0.05, 0) is 84.7 Å². The van der Waals surface area contributed by atoms with Crippen LogP contribution in [0.2, 0.25) is 0 Å². The average molecular weight is 485 g/mol. The number of nitrogens with one attached hydrogen (secondary N) is 1. The minimum atomic E-state index is -0.552. The molecule has 0 unspecified atom stereocenters. The summed E-state index contributed by atoms with van der Waals surface area (Å²) in [5.41, 5.74) is 0.100. The molecule has 176 valence electrons. The maximum Gasteiger partial charge on any atom is 0.269 e. The Balaban J connectivity index is 1.46. The van der Waals surface area contributed by atoms with Crippen molar-refractivity contribution in [3.63, 3.8) is 0 Å². The first kappa shape index (κ1) is 22.8. The van der Waals surface area contributed by atoms with E-state index in [2.05, 4.69) is 5.32 Å². The van der Waals surface area contributed by atoms with E-state index in [-0.39, 0.29) is 29.3 Å². The molecule has 0 spiro atoms. The van der Waals surface area contributed by atoms with Crippen LogP contribution in [-0.2, 0) is 16.1 Å². The SMILES string of the molecule is CC(C)(C)C(=O)C=c1sc(=Cc2ccsc2)c(=O)n1CC(=O)NC12CC3CC(CC(C3)C1)C2. The predicted octanol–water partition coefficient (Wildman–Crippen LogP) is 3.28. The minimum Gasteiger partial charge on any atom is -0.349 e. The number of nitrogens with zero attached hydrogens (tertiary/aromatic N) is 1. The van der Waals surface area contributed by atoms with E-state index in [0.29, 0.717) is 9.20 Å². The first-order valence-electron chi connectivity index (χ1n) is 11.9. The Morgan fingerprint density at radius 2 is 1.79 bits per heavy atom. The quantitative estimate of drug-likeness (QED) is 0.708. The maximum atomic E-state index is 13.3. The molecule has 6 rings (SSSR count). The third-order valence-electron chi connectivity index (χ3n) is 7.52. The van der Waals surface area contributed by atoms with Gasteiger partial charge in [0.1, 0.15) is 11.2 Å². The van der Waals surface area contributed by atoms with Crippen LogP contribution in [0.4, 0.5) is 0 Å². The number of thiophene rings is 1. The number of amides is 1.